The first-order valence-corrected chi connectivity index (χ1v) is 10.8. The summed E-state index contributed by atoms with van der Waals surface area (Å²) in [5, 5.41) is 13.5. The number of esters is 2. The van der Waals surface area contributed by atoms with Crippen LogP contribution in [0.3, 0.4) is 0 Å². The number of nitriles is 1. The highest BCUT2D eigenvalue weighted by molar-refractivity contribution is 6.07. The molecule has 0 spiro atoms. The molecule has 0 saturated carbocycles. The Kier molecular flexibility index (Phi) is 7.27. The van der Waals surface area contributed by atoms with Gasteiger partial charge in [-0.05, 0) is 38.0 Å². The first kappa shape index (κ1) is 24.4. The molecule has 1 aliphatic heterocycles. The van der Waals surface area contributed by atoms with Crippen molar-refractivity contribution in [2.24, 2.45) is 5.73 Å². The maximum atomic E-state index is 13.2. The van der Waals surface area contributed by atoms with Crippen LogP contribution in [0, 0.1) is 18.3 Å². The van der Waals surface area contributed by atoms with E-state index in [1.54, 1.807) is 30.3 Å². The maximum absolute atomic E-state index is 13.2. The second kappa shape index (κ2) is 10.1. The summed E-state index contributed by atoms with van der Waals surface area (Å²) in [7, 11) is 2.45. The van der Waals surface area contributed by atoms with E-state index < -0.39 is 17.9 Å². The predicted octanol–water partition coefficient (Wildman–Crippen LogP) is 3.71. The lowest BCUT2D eigenvalue weighted by atomic mass is 9.81. The van der Waals surface area contributed by atoms with Gasteiger partial charge in [0, 0.05) is 6.04 Å². The Balaban J connectivity index is 2.45. The number of hydrogen-bond acceptors (Lipinski definition) is 8. The minimum atomic E-state index is -0.907. The quantitative estimate of drug-likeness (QED) is 0.627. The lowest BCUT2D eigenvalue weighted by Crippen LogP contribution is -2.41. The van der Waals surface area contributed by atoms with Crippen LogP contribution >= 0.6 is 0 Å². The summed E-state index contributed by atoms with van der Waals surface area (Å²) in [6, 6.07) is 16.6. The van der Waals surface area contributed by atoms with E-state index in [-0.39, 0.29) is 28.7 Å². The molecule has 0 saturated heterocycles. The average molecular weight is 461 g/mol. The SMILES string of the molecule is COC(=O)C1=C(C(=O)OC)N(c2cccc(C)c2NC(C)C)C(N)=C(C#N)C1c1ccccc1. The average Bonchev–Trinajstić information content (AvgIpc) is 2.84. The van der Waals surface area contributed by atoms with E-state index >= 15 is 0 Å². The Bertz CT molecular complexity index is 1210. The van der Waals surface area contributed by atoms with E-state index in [2.05, 4.69) is 11.4 Å². The highest BCUT2D eigenvalue weighted by Crippen LogP contribution is 2.45. The van der Waals surface area contributed by atoms with Crippen molar-refractivity contribution in [3.63, 3.8) is 0 Å². The number of para-hydroxylation sites is 1. The summed E-state index contributed by atoms with van der Waals surface area (Å²) < 4.78 is 10.2. The van der Waals surface area contributed by atoms with Gasteiger partial charge in [0.2, 0.25) is 0 Å². The second-order valence-corrected chi connectivity index (χ2v) is 8.10. The van der Waals surface area contributed by atoms with E-state index in [1.807, 2.05) is 39.0 Å². The molecule has 0 fully saturated rings. The molecule has 1 unspecified atom stereocenters. The Labute approximate surface area is 199 Å². The zero-order chi connectivity index (χ0) is 25.0. The van der Waals surface area contributed by atoms with Crippen LogP contribution in [0.2, 0.25) is 0 Å². The van der Waals surface area contributed by atoms with Crippen LogP contribution in [0.15, 0.2) is 71.2 Å². The third-order valence-corrected chi connectivity index (χ3v) is 5.54. The third-order valence-electron chi connectivity index (χ3n) is 5.54. The van der Waals surface area contributed by atoms with Crippen LogP contribution in [0.4, 0.5) is 11.4 Å². The van der Waals surface area contributed by atoms with Gasteiger partial charge in [0.25, 0.3) is 0 Å². The fourth-order valence-electron chi connectivity index (χ4n) is 4.08. The fourth-order valence-corrected chi connectivity index (χ4v) is 4.08. The number of hydrogen-bond donors (Lipinski definition) is 2. The number of ether oxygens (including phenoxy) is 2. The lowest BCUT2D eigenvalue weighted by Gasteiger charge is -2.37. The normalized spacial score (nSPS) is 15.8. The third kappa shape index (κ3) is 4.33. The Hall–Kier alpha value is -4.25. The van der Waals surface area contributed by atoms with Crippen LogP contribution in [-0.2, 0) is 19.1 Å². The molecule has 1 atom stereocenters. The molecule has 3 N–H and O–H groups in total. The van der Waals surface area contributed by atoms with E-state index in [1.165, 1.54) is 19.1 Å². The van der Waals surface area contributed by atoms with Crippen LogP contribution in [-0.4, -0.2) is 32.2 Å². The van der Waals surface area contributed by atoms with Gasteiger partial charge in [0.1, 0.15) is 11.5 Å². The van der Waals surface area contributed by atoms with Crippen molar-refractivity contribution in [3.05, 3.63) is 82.3 Å². The summed E-state index contributed by atoms with van der Waals surface area (Å²) in [6.07, 6.45) is 0. The summed E-state index contributed by atoms with van der Waals surface area (Å²) in [5.74, 6) is -2.42. The number of allylic oxidation sites excluding steroid dienone is 1. The molecule has 8 nitrogen and oxygen atoms in total. The summed E-state index contributed by atoms with van der Waals surface area (Å²) in [4.78, 5) is 27.8. The van der Waals surface area contributed by atoms with E-state index in [0.717, 1.165) is 5.56 Å². The summed E-state index contributed by atoms with van der Waals surface area (Å²) in [5.41, 5.74) is 9.32. The zero-order valence-electron chi connectivity index (χ0n) is 19.9. The predicted molar refractivity (Wildman–Crippen MR) is 129 cm³/mol. The van der Waals surface area contributed by atoms with Crippen molar-refractivity contribution in [1.82, 2.24) is 0 Å². The van der Waals surface area contributed by atoms with Crippen molar-refractivity contribution < 1.29 is 19.1 Å². The minimum absolute atomic E-state index is 0.0247. The van der Waals surface area contributed by atoms with Crippen molar-refractivity contribution >= 4 is 23.3 Å². The van der Waals surface area contributed by atoms with Gasteiger partial charge in [-0.25, -0.2) is 9.59 Å². The first-order chi connectivity index (χ1) is 16.3. The van der Waals surface area contributed by atoms with E-state index in [9.17, 15) is 14.9 Å². The van der Waals surface area contributed by atoms with Crippen LogP contribution in [0.1, 0.15) is 30.9 Å². The minimum Gasteiger partial charge on any atom is -0.466 e. The molecule has 176 valence electrons. The molecule has 1 aliphatic rings. The second-order valence-electron chi connectivity index (χ2n) is 8.10. The molecule has 2 aromatic carbocycles. The molecule has 0 bridgehead atoms. The molecule has 2 aromatic rings. The van der Waals surface area contributed by atoms with Crippen molar-refractivity contribution in [3.8, 4) is 6.07 Å². The highest BCUT2D eigenvalue weighted by Gasteiger charge is 2.43. The largest absolute Gasteiger partial charge is 0.466 e. The molecule has 0 amide bonds. The molecule has 0 aliphatic carbocycles. The van der Waals surface area contributed by atoms with Gasteiger partial charge < -0.3 is 20.5 Å². The van der Waals surface area contributed by atoms with Crippen molar-refractivity contribution in [1.29, 1.82) is 5.26 Å². The van der Waals surface area contributed by atoms with Crippen LogP contribution < -0.4 is 16.0 Å². The highest BCUT2D eigenvalue weighted by atomic mass is 16.5. The van der Waals surface area contributed by atoms with Gasteiger partial charge in [-0.2, -0.15) is 5.26 Å². The number of anilines is 2. The number of nitrogens with one attached hydrogen (secondary N) is 1. The topological polar surface area (TPSA) is 118 Å². The smallest absolute Gasteiger partial charge is 0.355 e. The fraction of sp³-hybridized carbons (Fsp3) is 0.269. The number of carbonyl (C=O) groups excluding carboxylic acids is 2. The summed E-state index contributed by atoms with van der Waals surface area (Å²) >= 11 is 0. The number of nitrogens with two attached hydrogens (primary N) is 1. The van der Waals surface area contributed by atoms with E-state index in [4.69, 9.17) is 15.2 Å². The van der Waals surface area contributed by atoms with Gasteiger partial charge in [-0.3, -0.25) is 4.90 Å². The molecular formula is C26H28N4O4. The monoisotopic (exact) mass is 460 g/mol. The standard InChI is InChI=1S/C26H28N4O4/c1-15(2)29-22-16(3)10-9-13-19(22)30-23(26(32)34-5)21(25(31)33-4)20(18(14-27)24(30)28)17-11-7-6-8-12-17/h6-13,15,20,29H,28H2,1-5H3. The van der Waals surface area contributed by atoms with Gasteiger partial charge >= 0.3 is 11.9 Å². The summed E-state index contributed by atoms with van der Waals surface area (Å²) in [6.45, 7) is 5.88. The van der Waals surface area contributed by atoms with Crippen LogP contribution in [0.25, 0.3) is 0 Å². The zero-order valence-corrected chi connectivity index (χ0v) is 19.9. The van der Waals surface area contributed by atoms with Gasteiger partial charge in [0.15, 0.2) is 0 Å². The van der Waals surface area contributed by atoms with Crippen molar-refractivity contribution in [2.75, 3.05) is 24.4 Å². The number of aryl methyl sites for hydroxylation is 1. The number of rotatable bonds is 6. The Morgan fingerprint density at radius 2 is 1.71 bits per heavy atom. The van der Waals surface area contributed by atoms with Gasteiger partial charge in [0.05, 0.1) is 48.7 Å². The Morgan fingerprint density at radius 1 is 1.06 bits per heavy atom. The van der Waals surface area contributed by atoms with E-state index in [0.29, 0.717) is 16.9 Å². The molecule has 3 rings (SSSR count). The maximum Gasteiger partial charge on any atom is 0.355 e. The van der Waals surface area contributed by atoms with Crippen molar-refractivity contribution in [2.45, 2.75) is 32.7 Å². The number of benzene rings is 2. The number of carbonyl (C=O) groups is 2. The molecule has 1 heterocycles. The number of methoxy groups -OCH3 is 2. The lowest BCUT2D eigenvalue weighted by molar-refractivity contribution is -0.139. The number of nitrogens with zero attached hydrogens (tertiary/aromatic N) is 2. The molecule has 0 aromatic heterocycles. The van der Waals surface area contributed by atoms with Crippen LogP contribution in [0.5, 0.6) is 0 Å². The first-order valence-electron chi connectivity index (χ1n) is 10.8. The molecule has 0 radical (unpaired) electrons. The molecular weight excluding hydrogens is 432 g/mol. The van der Waals surface area contributed by atoms with Gasteiger partial charge in [-0.1, -0.05) is 42.5 Å². The molecule has 8 heteroatoms. The molecule has 34 heavy (non-hydrogen) atoms. The Morgan fingerprint density at radius 3 is 2.26 bits per heavy atom. The van der Waals surface area contributed by atoms with Gasteiger partial charge in [-0.15, -0.1) is 0 Å².